The molecule has 2 N–H and O–H groups in total. The van der Waals surface area contributed by atoms with Crippen LogP contribution in [-0.2, 0) is 34.3 Å². The first kappa shape index (κ1) is 34.3. The highest BCUT2D eigenvalue weighted by Gasteiger charge is 2.15. The number of methoxy groups -OCH3 is 1. The third-order valence-corrected chi connectivity index (χ3v) is 7.24. The van der Waals surface area contributed by atoms with Gasteiger partial charge in [0.05, 0.1) is 13.5 Å². The van der Waals surface area contributed by atoms with Gasteiger partial charge in [-0.05, 0) is 65.5 Å². The highest BCUT2D eigenvalue weighted by molar-refractivity contribution is 5.96. The predicted molar refractivity (Wildman–Crippen MR) is 173 cm³/mol. The van der Waals surface area contributed by atoms with E-state index in [1.807, 2.05) is 38.1 Å². The number of amides is 1. The average Bonchev–Trinajstić information content (AvgIpc) is 2.97. The Balaban J connectivity index is 0.000000428. The largest absolute Gasteiger partial charge is 0.496 e. The van der Waals surface area contributed by atoms with Crippen LogP contribution in [0.1, 0.15) is 83.1 Å². The zero-order valence-corrected chi connectivity index (χ0v) is 26.4. The molecule has 3 aromatic carbocycles. The molecule has 0 saturated heterocycles. The molecule has 6 heteroatoms. The first-order valence-corrected chi connectivity index (χ1v) is 14.9. The molecule has 0 aromatic heterocycles. The average molecular weight is 573 g/mol. The molecule has 0 bridgehead atoms. The van der Waals surface area contributed by atoms with Crippen molar-refractivity contribution in [3.8, 4) is 16.9 Å². The van der Waals surface area contributed by atoms with Crippen LogP contribution in [0.2, 0.25) is 0 Å². The van der Waals surface area contributed by atoms with Gasteiger partial charge in [0.1, 0.15) is 11.6 Å². The fourth-order valence-electron chi connectivity index (χ4n) is 4.68. The molecule has 0 aliphatic heterocycles. The van der Waals surface area contributed by atoms with Gasteiger partial charge in [-0.1, -0.05) is 95.3 Å². The molecule has 0 saturated carbocycles. The molecule has 0 aliphatic rings. The quantitative estimate of drug-likeness (QED) is 0.179. The Labute approximate surface area is 252 Å². The summed E-state index contributed by atoms with van der Waals surface area (Å²) in [6, 6.07) is 22.6. The second-order valence-corrected chi connectivity index (χ2v) is 11.4. The third-order valence-electron chi connectivity index (χ3n) is 7.24. The van der Waals surface area contributed by atoms with E-state index in [0.717, 1.165) is 36.0 Å². The van der Waals surface area contributed by atoms with Gasteiger partial charge in [-0.3, -0.25) is 15.0 Å². The number of carbonyl (C=O) groups is 2. The SMILES string of the molecule is CCC(=O)N(CC)C(=N)CCCc1cccc(-c2ccc(CC(=O)O)c(OC)c2)c1.CCc1ccc(C(C)(C)C)cc1. The van der Waals surface area contributed by atoms with Crippen LogP contribution in [0.25, 0.3) is 11.1 Å². The van der Waals surface area contributed by atoms with Crippen LogP contribution in [0.3, 0.4) is 0 Å². The van der Waals surface area contributed by atoms with Crippen LogP contribution in [0, 0.1) is 5.41 Å². The van der Waals surface area contributed by atoms with E-state index < -0.39 is 5.97 Å². The van der Waals surface area contributed by atoms with Gasteiger partial charge in [0.2, 0.25) is 5.91 Å². The summed E-state index contributed by atoms with van der Waals surface area (Å²) in [5, 5.41) is 17.2. The van der Waals surface area contributed by atoms with E-state index in [-0.39, 0.29) is 17.7 Å². The number of hydrogen-bond donors (Lipinski definition) is 2. The van der Waals surface area contributed by atoms with Crippen LogP contribution in [-0.4, -0.2) is 41.4 Å². The number of amidine groups is 1. The maximum Gasteiger partial charge on any atom is 0.307 e. The van der Waals surface area contributed by atoms with E-state index in [0.29, 0.717) is 36.5 Å². The van der Waals surface area contributed by atoms with Crippen molar-refractivity contribution >= 4 is 17.7 Å². The summed E-state index contributed by atoms with van der Waals surface area (Å²) in [4.78, 5) is 24.4. The molecule has 42 heavy (non-hydrogen) atoms. The van der Waals surface area contributed by atoms with Gasteiger partial charge in [0.25, 0.3) is 0 Å². The molecular formula is C36H48N2O4. The summed E-state index contributed by atoms with van der Waals surface area (Å²) in [5.74, 6) is 0.0361. The standard InChI is InChI=1S/C24H30N2O4.C12H18/c1-4-23(27)26(5-2)22(25)11-7-9-17-8-6-10-18(14-17)19-12-13-20(16-24(28)29)21(15-19)30-3;1-5-10-6-8-11(9-7-10)12(2,3)4/h6,8,10,12-15,25H,4-5,7,9,11,16H2,1-3H3,(H,28,29);6-9H,5H2,1-4H3. The Morgan fingerprint density at radius 2 is 1.57 bits per heavy atom. The van der Waals surface area contributed by atoms with E-state index in [1.165, 1.54) is 11.1 Å². The van der Waals surface area contributed by atoms with Gasteiger partial charge < -0.3 is 14.7 Å². The van der Waals surface area contributed by atoms with Crippen molar-refractivity contribution in [2.45, 2.75) is 85.5 Å². The number of carboxylic acids is 1. The summed E-state index contributed by atoms with van der Waals surface area (Å²) in [6.07, 6.45) is 3.61. The molecule has 0 atom stereocenters. The molecule has 1 amide bonds. The summed E-state index contributed by atoms with van der Waals surface area (Å²) < 4.78 is 5.37. The van der Waals surface area contributed by atoms with Crippen molar-refractivity contribution < 1.29 is 19.4 Å². The first-order valence-electron chi connectivity index (χ1n) is 14.9. The number of rotatable bonds is 11. The lowest BCUT2D eigenvalue weighted by Gasteiger charge is -2.21. The number of benzene rings is 3. The monoisotopic (exact) mass is 572 g/mol. The molecular weight excluding hydrogens is 524 g/mol. The maximum absolute atomic E-state index is 11.9. The molecule has 0 heterocycles. The van der Waals surface area contributed by atoms with Crippen LogP contribution in [0.5, 0.6) is 5.75 Å². The van der Waals surface area contributed by atoms with Crippen molar-refractivity contribution in [2.75, 3.05) is 13.7 Å². The Bertz CT molecular complexity index is 1320. The molecule has 226 valence electrons. The summed E-state index contributed by atoms with van der Waals surface area (Å²) in [6.45, 7) is 13.2. The van der Waals surface area contributed by atoms with E-state index in [9.17, 15) is 9.59 Å². The lowest BCUT2D eigenvalue weighted by atomic mass is 9.86. The van der Waals surface area contributed by atoms with Gasteiger partial charge >= 0.3 is 5.97 Å². The molecule has 0 aliphatic carbocycles. The summed E-state index contributed by atoms with van der Waals surface area (Å²) in [7, 11) is 1.54. The molecule has 6 nitrogen and oxygen atoms in total. The fourth-order valence-corrected chi connectivity index (χ4v) is 4.68. The summed E-state index contributed by atoms with van der Waals surface area (Å²) >= 11 is 0. The van der Waals surface area contributed by atoms with Gasteiger partial charge in [0, 0.05) is 24.9 Å². The normalized spacial score (nSPS) is 10.8. The van der Waals surface area contributed by atoms with E-state index in [1.54, 1.807) is 18.1 Å². The number of nitrogens with zero attached hydrogens (tertiary/aromatic N) is 1. The highest BCUT2D eigenvalue weighted by Crippen LogP contribution is 2.29. The van der Waals surface area contributed by atoms with Crippen molar-refractivity contribution in [3.63, 3.8) is 0 Å². The number of hydrogen-bond acceptors (Lipinski definition) is 4. The lowest BCUT2D eigenvalue weighted by Crippen LogP contribution is -2.35. The van der Waals surface area contributed by atoms with Crippen molar-refractivity contribution in [1.82, 2.24) is 4.90 Å². The number of carboxylic acid groups (broad SMARTS) is 1. The van der Waals surface area contributed by atoms with Crippen molar-refractivity contribution in [3.05, 3.63) is 89.0 Å². The van der Waals surface area contributed by atoms with Crippen LogP contribution >= 0.6 is 0 Å². The number of ether oxygens (including phenoxy) is 1. The second-order valence-electron chi connectivity index (χ2n) is 11.4. The second kappa shape index (κ2) is 16.5. The predicted octanol–water partition coefficient (Wildman–Crippen LogP) is 8.09. The van der Waals surface area contributed by atoms with Gasteiger partial charge in [-0.2, -0.15) is 0 Å². The summed E-state index contributed by atoms with van der Waals surface area (Å²) in [5.41, 5.74) is 6.90. The number of aliphatic carboxylic acids is 1. The lowest BCUT2D eigenvalue weighted by molar-refractivity contribution is -0.136. The van der Waals surface area contributed by atoms with Crippen molar-refractivity contribution in [1.29, 1.82) is 5.41 Å². The molecule has 3 rings (SSSR count). The number of aryl methyl sites for hydroxylation is 2. The van der Waals surface area contributed by atoms with Crippen LogP contribution in [0.15, 0.2) is 66.7 Å². The van der Waals surface area contributed by atoms with E-state index >= 15 is 0 Å². The Kier molecular flexibility index (Phi) is 13.5. The third kappa shape index (κ3) is 10.5. The van der Waals surface area contributed by atoms with Crippen LogP contribution < -0.4 is 4.74 Å². The number of nitrogens with one attached hydrogen (secondary N) is 1. The zero-order chi connectivity index (χ0) is 31.3. The molecule has 3 aromatic rings. The van der Waals surface area contributed by atoms with E-state index in [4.69, 9.17) is 15.3 Å². The first-order chi connectivity index (χ1) is 19.9. The molecule has 0 fully saturated rings. The van der Waals surface area contributed by atoms with Gasteiger partial charge in [-0.15, -0.1) is 0 Å². The van der Waals surface area contributed by atoms with Crippen LogP contribution in [0.4, 0.5) is 0 Å². The molecule has 0 radical (unpaired) electrons. The molecule has 0 spiro atoms. The minimum Gasteiger partial charge on any atom is -0.496 e. The Morgan fingerprint density at radius 3 is 2.12 bits per heavy atom. The molecule has 0 unspecified atom stereocenters. The van der Waals surface area contributed by atoms with Crippen molar-refractivity contribution in [2.24, 2.45) is 0 Å². The Hall–Kier alpha value is -3.93. The Morgan fingerprint density at radius 1 is 0.905 bits per heavy atom. The smallest absolute Gasteiger partial charge is 0.307 e. The minimum absolute atomic E-state index is 0.00945. The number of carbonyl (C=O) groups excluding carboxylic acids is 1. The highest BCUT2D eigenvalue weighted by atomic mass is 16.5. The zero-order valence-electron chi connectivity index (χ0n) is 26.4. The fraction of sp³-hybridized carbons (Fsp3) is 0.417. The topological polar surface area (TPSA) is 90.7 Å². The van der Waals surface area contributed by atoms with Gasteiger partial charge in [0.15, 0.2) is 0 Å². The van der Waals surface area contributed by atoms with E-state index in [2.05, 4.69) is 64.1 Å². The van der Waals surface area contributed by atoms with Gasteiger partial charge in [-0.25, -0.2) is 0 Å². The maximum atomic E-state index is 11.9. The minimum atomic E-state index is -0.893.